The summed E-state index contributed by atoms with van der Waals surface area (Å²) in [5.41, 5.74) is 5.99. The van der Waals surface area contributed by atoms with Crippen LogP contribution in [0.2, 0.25) is 5.02 Å². The number of hydrogen-bond donors (Lipinski definition) is 1. The van der Waals surface area contributed by atoms with Gasteiger partial charge in [0.1, 0.15) is 17.3 Å². The van der Waals surface area contributed by atoms with E-state index < -0.39 is 5.82 Å². The molecule has 2 aromatic rings. The maximum absolute atomic E-state index is 13.6. The second-order valence-electron chi connectivity index (χ2n) is 3.65. The van der Waals surface area contributed by atoms with Gasteiger partial charge in [0.25, 0.3) is 0 Å². The largest absolute Gasteiger partial charge is 0.453 e. The van der Waals surface area contributed by atoms with E-state index in [9.17, 15) is 9.30 Å². The zero-order chi connectivity index (χ0) is 15.8. The summed E-state index contributed by atoms with van der Waals surface area (Å²) in [6.07, 6.45) is 1.40. The van der Waals surface area contributed by atoms with Gasteiger partial charge in [0.15, 0.2) is 11.6 Å². The zero-order valence-electron chi connectivity index (χ0n) is 11.6. The third kappa shape index (κ3) is 4.39. The molecule has 1 aromatic carbocycles. The molecule has 5 nitrogen and oxygen atoms in total. The monoisotopic (exact) mass is 311 g/mol. The lowest BCUT2D eigenvalue weighted by molar-refractivity contribution is 0.441. The third-order valence-electron chi connectivity index (χ3n) is 2.32. The Balaban J connectivity index is 0.00000106. The number of nitrogen functional groups attached to an aromatic ring is 1. The molecule has 0 aliphatic heterocycles. The van der Waals surface area contributed by atoms with E-state index in [-0.39, 0.29) is 34.4 Å². The molecule has 0 unspecified atom stereocenters. The summed E-state index contributed by atoms with van der Waals surface area (Å²) in [6, 6.07) is 5.49. The van der Waals surface area contributed by atoms with E-state index >= 15 is 0 Å². The number of benzene rings is 1. The fraction of sp³-hybridized carbons (Fsp3) is 0.214. The highest BCUT2D eigenvalue weighted by molar-refractivity contribution is 6.32. The second kappa shape index (κ2) is 8.16. The standard InChI is InChI=1S/C12H9ClFN3O2.C2H6/c13-12-9(6-17-18)16-4-3-11(12)19-10-2-1-7(15)5-8(10)14;1-2/h1-5H,6,15H2;1-2H3. The Morgan fingerprint density at radius 2 is 2.05 bits per heavy atom. The number of nitrogens with two attached hydrogens (primary N) is 1. The number of aromatic nitrogens is 1. The van der Waals surface area contributed by atoms with Gasteiger partial charge in [-0.1, -0.05) is 30.6 Å². The van der Waals surface area contributed by atoms with Crippen molar-refractivity contribution in [1.82, 2.24) is 4.98 Å². The minimum absolute atomic E-state index is 0.0210. The van der Waals surface area contributed by atoms with Crippen molar-refractivity contribution in [2.24, 2.45) is 5.18 Å². The molecule has 0 atom stereocenters. The lowest BCUT2D eigenvalue weighted by Crippen LogP contribution is -1.95. The fourth-order valence-corrected chi connectivity index (χ4v) is 1.65. The highest BCUT2D eigenvalue weighted by Crippen LogP contribution is 2.32. The molecular formula is C14H15ClFN3O2. The maximum Gasteiger partial charge on any atom is 0.167 e. The Bertz CT molecular complexity index is 623. The molecule has 0 bridgehead atoms. The van der Waals surface area contributed by atoms with Crippen molar-refractivity contribution in [3.05, 3.63) is 51.9 Å². The number of hydrogen-bond acceptors (Lipinski definition) is 5. The molecule has 0 radical (unpaired) electrons. The van der Waals surface area contributed by atoms with Gasteiger partial charge in [0, 0.05) is 24.0 Å². The molecule has 2 N–H and O–H groups in total. The summed E-state index contributed by atoms with van der Waals surface area (Å²) in [5, 5.41) is 2.82. The Hall–Kier alpha value is -2.21. The summed E-state index contributed by atoms with van der Waals surface area (Å²) in [7, 11) is 0. The van der Waals surface area contributed by atoms with Crippen LogP contribution in [0.4, 0.5) is 10.1 Å². The van der Waals surface area contributed by atoms with Crippen LogP contribution in [0, 0.1) is 10.7 Å². The SMILES string of the molecule is CC.Nc1ccc(Oc2ccnc(CN=O)c2Cl)c(F)c1. The minimum Gasteiger partial charge on any atom is -0.453 e. The number of pyridine rings is 1. The van der Waals surface area contributed by atoms with Crippen molar-refractivity contribution >= 4 is 17.3 Å². The van der Waals surface area contributed by atoms with Crippen molar-refractivity contribution < 1.29 is 9.13 Å². The number of rotatable bonds is 4. The molecule has 0 amide bonds. The van der Waals surface area contributed by atoms with Crippen LogP contribution in [0.3, 0.4) is 0 Å². The topological polar surface area (TPSA) is 77.6 Å². The molecule has 21 heavy (non-hydrogen) atoms. The smallest absolute Gasteiger partial charge is 0.167 e. The van der Waals surface area contributed by atoms with Crippen LogP contribution in [0.5, 0.6) is 11.5 Å². The van der Waals surface area contributed by atoms with Gasteiger partial charge < -0.3 is 10.5 Å². The van der Waals surface area contributed by atoms with Crippen molar-refractivity contribution in [2.75, 3.05) is 5.73 Å². The molecule has 0 saturated heterocycles. The molecule has 0 aliphatic rings. The maximum atomic E-state index is 13.6. The predicted octanol–water partition coefficient (Wildman–Crippen LogP) is 4.54. The van der Waals surface area contributed by atoms with E-state index in [0.717, 1.165) is 6.07 Å². The van der Waals surface area contributed by atoms with E-state index in [0.29, 0.717) is 0 Å². The molecule has 2 rings (SSSR count). The van der Waals surface area contributed by atoms with E-state index in [1.54, 1.807) is 0 Å². The number of ether oxygens (including phenoxy) is 1. The lowest BCUT2D eigenvalue weighted by Gasteiger charge is -2.10. The number of halogens is 2. The summed E-state index contributed by atoms with van der Waals surface area (Å²) in [4.78, 5) is 14.1. The average Bonchev–Trinajstić information content (AvgIpc) is 2.48. The van der Waals surface area contributed by atoms with Gasteiger partial charge in [0.2, 0.25) is 0 Å². The second-order valence-corrected chi connectivity index (χ2v) is 4.03. The highest BCUT2D eigenvalue weighted by atomic mass is 35.5. The first-order valence-corrected chi connectivity index (χ1v) is 6.65. The summed E-state index contributed by atoms with van der Waals surface area (Å²) in [6.45, 7) is 3.82. The van der Waals surface area contributed by atoms with Gasteiger partial charge >= 0.3 is 0 Å². The van der Waals surface area contributed by atoms with Crippen LogP contribution >= 0.6 is 11.6 Å². The Morgan fingerprint density at radius 1 is 1.33 bits per heavy atom. The van der Waals surface area contributed by atoms with Crippen molar-refractivity contribution in [1.29, 1.82) is 0 Å². The first-order valence-electron chi connectivity index (χ1n) is 6.27. The molecule has 1 aromatic heterocycles. The zero-order valence-corrected chi connectivity index (χ0v) is 12.4. The van der Waals surface area contributed by atoms with Crippen LogP contribution in [-0.4, -0.2) is 4.98 Å². The summed E-state index contributed by atoms with van der Waals surface area (Å²) in [5.74, 6) is -0.436. The van der Waals surface area contributed by atoms with Gasteiger partial charge in [-0.25, -0.2) is 4.39 Å². The molecule has 7 heteroatoms. The van der Waals surface area contributed by atoms with Crippen LogP contribution in [0.15, 0.2) is 35.6 Å². The Labute approximate surface area is 126 Å². The molecule has 0 aliphatic carbocycles. The van der Waals surface area contributed by atoms with E-state index in [2.05, 4.69) is 10.2 Å². The third-order valence-corrected chi connectivity index (χ3v) is 2.72. The van der Waals surface area contributed by atoms with Gasteiger partial charge in [-0.2, -0.15) is 4.91 Å². The number of nitroso groups, excluding NO2 is 1. The molecule has 1 heterocycles. The van der Waals surface area contributed by atoms with Crippen LogP contribution in [0.25, 0.3) is 0 Å². The van der Waals surface area contributed by atoms with E-state index in [1.807, 2.05) is 13.8 Å². The number of nitrogens with zero attached hydrogens (tertiary/aromatic N) is 2. The Morgan fingerprint density at radius 3 is 2.67 bits per heavy atom. The van der Waals surface area contributed by atoms with Gasteiger partial charge in [-0.3, -0.25) is 4.98 Å². The van der Waals surface area contributed by atoms with Gasteiger partial charge in [0.05, 0.1) is 5.69 Å². The predicted molar refractivity (Wildman–Crippen MR) is 81.0 cm³/mol. The normalized spacial score (nSPS) is 9.52. The summed E-state index contributed by atoms with van der Waals surface area (Å²) >= 11 is 5.99. The van der Waals surface area contributed by atoms with E-state index in [1.165, 1.54) is 24.4 Å². The number of anilines is 1. The van der Waals surface area contributed by atoms with Crippen molar-refractivity contribution in [3.8, 4) is 11.5 Å². The minimum atomic E-state index is -0.608. The molecule has 112 valence electrons. The molecule has 0 spiro atoms. The first kappa shape index (κ1) is 16.8. The van der Waals surface area contributed by atoms with Gasteiger partial charge in [-0.15, -0.1) is 0 Å². The molecular weight excluding hydrogens is 297 g/mol. The van der Waals surface area contributed by atoms with Crippen LogP contribution in [-0.2, 0) is 6.54 Å². The summed E-state index contributed by atoms with van der Waals surface area (Å²) < 4.78 is 18.9. The van der Waals surface area contributed by atoms with E-state index in [4.69, 9.17) is 22.1 Å². The highest BCUT2D eigenvalue weighted by Gasteiger charge is 2.12. The molecule has 0 saturated carbocycles. The van der Waals surface area contributed by atoms with Crippen LogP contribution in [0.1, 0.15) is 19.5 Å². The van der Waals surface area contributed by atoms with Gasteiger partial charge in [-0.05, 0) is 12.1 Å². The first-order chi connectivity index (χ1) is 10.1. The Kier molecular flexibility index (Phi) is 6.55. The average molecular weight is 312 g/mol. The fourth-order valence-electron chi connectivity index (χ4n) is 1.44. The van der Waals surface area contributed by atoms with Crippen molar-refractivity contribution in [3.63, 3.8) is 0 Å². The molecule has 0 fully saturated rings. The van der Waals surface area contributed by atoms with Crippen molar-refractivity contribution in [2.45, 2.75) is 20.4 Å². The van der Waals surface area contributed by atoms with Crippen LogP contribution < -0.4 is 10.5 Å². The quantitative estimate of drug-likeness (QED) is 0.664. The lowest BCUT2D eigenvalue weighted by atomic mass is 10.3.